The Labute approximate surface area is 193 Å². The number of fused-ring (bicyclic) bond motifs is 1. The third-order valence-electron chi connectivity index (χ3n) is 5.81. The van der Waals surface area contributed by atoms with E-state index in [2.05, 4.69) is 52.9 Å². The molecule has 7 nitrogen and oxygen atoms in total. The molecule has 0 unspecified atom stereocenters. The Morgan fingerprint density at radius 1 is 1.00 bits per heavy atom. The highest BCUT2D eigenvalue weighted by Gasteiger charge is 2.21. The van der Waals surface area contributed by atoms with Crippen LogP contribution in [0.3, 0.4) is 0 Å². The molecule has 4 heterocycles. The van der Waals surface area contributed by atoms with Gasteiger partial charge in [0.2, 0.25) is 5.95 Å². The maximum atomic E-state index is 13.1. The first-order valence-electron chi connectivity index (χ1n) is 10.5. The molecule has 5 rings (SSSR count). The summed E-state index contributed by atoms with van der Waals surface area (Å²) in [5.74, 6) is 0.470. The van der Waals surface area contributed by atoms with E-state index in [0.717, 1.165) is 47.3 Å². The minimum Gasteiger partial charge on any atom is -0.366 e. The van der Waals surface area contributed by atoms with Crippen LogP contribution in [0, 0.1) is 5.82 Å². The lowest BCUT2D eigenvalue weighted by molar-refractivity contribution is 0.625. The van der Waals surface area contributed by atoms with E-state index < -0.39 is 0 Å². The van der Waals surface area contributed by atoms with Crippen LogP contribution in [0.4, 0.5) is 16.0 Å². The second-order valence-electron chi connectivity index (χ2n) is 7.93. The first-order valence-corrected chi connectivity index (χ1v) is 11.3. The minimum atomic E-state index is -0.246. The highest BCUT2D eigenvalue weighted by atomic mass is 79.9. The van der Waals surface area contributed by atoms with E-state index in [1.807, 2.05) is 16.9 Å². The molecule has 1 atom stereocenters. The summed E-state index contributed by atoms with van der Waals surface area (Å²) in [4.78, 5) is 13.7. The average Bonchev–Trinajstić information content (AvgIpc) is 3.21. The van der Waals surface area contributed by atoms with Crippen molar-refractivity contribution in [2.75, 3.05) is 36.0 Å². The largest absolute Gasteiger partial charge is 0.366 e. The van der Waals surface area contributed by atoms with Crippen molar-refractivity contribution in [2.45, 2.75) is 12.5 Å². The van der Waals surface area contributed by atoms with E-state index in [9.17, 15) is 4.39 Å². The molecular weight excluding hydrogens is 473 g/mol. The van der Waals surface area contributed by atoms with Gasteiger partial charge >= 0.3 is 0 Å². The Morgan fingerprint density at radius 3 is 2.41 bits per heavy atom. The van der Waals surface area contributed by atoms with Gasteiger partial charge in [-0.3, -0.25) is 0 Å². The predicted octanol–water partition coefficient (Wildman–Crippen LogP) is 3.60. The van der Waals surface area contributed by atoms with Crippen LogP contribution in [0.25, 0.3) is 5.52 Å². The molecule has 4 aromatic rings. The Kier molecular flexibility index (Phi) is 5.75. The zero-order valence-corrected chi connectivity index (χ0v) is 19.0. The van der Waals surface area contributed by atoms with Crippen molar-refractivity contribution in [2.24, 2.45) is 5.73 Å². The summed E-state index contributed by atoms with van der Waals surface area (Å²) in [6.07, 6.45) is 8.00. The number of hydrogen-bond donors (Lipinski definition) is 1. The van der Waals surface area contributed by atoms with Crippen molar-refractivity contribution >= 4 is 33.1 Å². The molecule has 1 fully saturated rings. The van der Waals surface area contributed by atoms with Crippen LogP contribution in [-0.4, -0.2) is 45.8 Å². The van der Waals surface area contributed by atoms with Crippen LogP contribution in [-0.2, 0) is 6.42 Å². The highest BCUT2D eigenvalue weighted by Crippen LogP contribution is 2.26. The first kappa shape index (κ1) is 20.8. The van der Waals surface area contributed by atoms with Gasteiger partial charge in [-0.1, -0.05) is 12.1 Å². The molecule has 0 saturated carbocycles. The molecule has 1 aliphatic heterocycles. The van der Waals surface area contributed by atoms with Crippen molar-refractivity contribution in [1.29, 1.82) is 0 Å². The Hall–Kier alpha value is -3.04. The second kappa shape index (κ2) is 8.84. The predicted molar refractivity (Wildman–Crippen MR) is 126 cm³/mol. The van der Waals surface area contributed by atoms with Gasteiger partial charge in [0.15, 0.2) is 0 Å². The number of piperazine rings is 1. The lowest BCUT2D eigenvalue weighted by Crippen LogP contribution is -2.47. The molecule has 0 bridgehead atoms. The fourth-order valence-corrected chi connectivity index (χ4v) is 4.47. The maximum Gasteiger partial charge on any atom is 0.225 e. The molecule has 0 radical (unpaired) electrons. The van der Waals surface area contributed by atoms with Gasteiger partial charge in [0.1, 0.15) is 5.82 Å². The second-order valence-corrected chi connectivity index (χ2v) is 8.85. The molecule has 0 spiro atoms. The first-order chi connectivity index (χ1) is 15.6. The molecule has 1 aromatic carbocycles. The molecule has 1 aliphatic rings. The number of halogens is 2. The zero-order chi connectivity index (χ0) is 22.1. The van der Waals surface area contributed by atoms with Crippen LogP contribution in [0.1, 0.15) is 17.2 Å². The average molecular weight is 496 g/mol. The molecule has 32 heavy (non-hydrogen) atoms. The Balaban J connectivity index is 1.22. The smallest absolute Gasteiger partial charge is 0.225 e. The normalized spacial score (nSPS) is 15.3. The fourth-order valence-electron chi connectivity index (χ4n) is 4.06. The standard InChI is InChI=1S/C23H23BrFN7/c24-18-12-22-21(5-6-29-32(22)15-18)30-7-9-31(10-8-30)23-27-13-17(14-28-23)20(26)11-16-1-3-19(25)4-2-16/h1-6,12-15,20H,7-11,26H2/t20-/m0/s1. The van der Waals surface area contributed by atoms with Gasteiger partial charge < -0.3 is 15.5 Å². The molecule has 3 aromatic heterocycles. The van der Waals surface area contributed by atoms with Gasteiger partial charge in [-0.05, 0) is 52.2 Å². The number of anilines is 2. The van der Waals surface area contributed by atoms with Gasteiger partial charge in [0.05, 0.1) is 11.2 Å². The van der Waals surface area contributed by atoms with Crippen LogP contribution >= 0.6 is 15.9 Å². The van der Waals surface area contributed by atoms with Crippen LogP contribution in [0.5, 0.6) is 0 Å². The summed E-state index contributed by atoms with van der Waals surface area (Å²) in [5.41, 5.74) is 10.4. The summed E-state index contributed by atoms with van der Waals surface area (Å²) < 4.78 is 16.0. The van der Waals surface area contributed by atoms with Crippen molar-refractivity contribution in [1.82, 2.24) is 19.6 Å². The van der Waals surface area contributed by atoms with Gasteiger partial charge in [0.25, 0.3) is 0 Å². The summed E-state index contributed by atoms with van der Waals surface area (Å²) >= 11 is 3.53. The molecule has 0 amide bonds. The molecule has 2 N–H and O–H groups in total. The monoisotopic (exact) mass is 495 g/mol. The van der Waals surface area contributed by atoms with Gasteiger partial charge in [-0.25, -0.2) is 18.9 Å². The van der Waals surface area contributed by atoms with E-state index in [1.165, 1.54) is 17.8 Å². The minimum absolute atomic E-state index is 0.234. The third kappa shape index (κ3) is 4.31. The zero-order valence-electron chi connectivity index (χ0n) is 17.4. The van der Waals surface area contributed by atoms with Gasteiger partial charge in [-0.15, -0.1) is 0 Å². The SMILES string of the molecule is N[C@@H](Cc1ccc(F)cc1)c1cnc(N2CCN(c3ccnn4cc(Br)cc34)CC2)nc1. The van der Waals surface area contributed by atoms with Crippen LogP contribution < -0.4 is 15.5 Å². The van der Waals surface area contributed by atoms with E-state index in [1.54, 1.807) is 24.5 Å². The van der Waals surface area contributed by atoms with E-state index in [4.69, 9.17) is 5.73 Å². The number of rotatable bonds is 5. The number of benzene rings is 1. The summed E-state index contributed by atoms with van der Waals surface area (Å²) in [7, 11) is 0. The Morgan fingerprint density at radius 2 is 1.69 bits per heavy atom. The molecular formula is C23H23BrFN7. The molecule has 164 valence electrons. The highest BCUT2D eigenvalue weighted by molar-refractivity contribution is 9.10. The van der Waals surface area contributed by atoms with Gasteiger partial charge in [-0.2, -0.15) is 5.10 Å². The quantitative estimate of drug-likeness (QED) is 0.455. The maximum absolute atomic E-state index is 13.1. The topological polar surface area (TPSA) is 75.6 Å². The van der Waals surface area contributed by atoms with Crippen molar-refractivity contribution in [3.05, 3.63) is 82.6 Å². The lowest BCUT2D eigenvalue weighted by Gasteiger charge is -2.36. The summed E-state index contributed by atoms with van der Waals surface area (Å²) in [6, 6.07) is 10.3. The van der Waals surface area contributed by atoms with E-state index in [0.29, 0.717) is 12.4 Å². The molecule has 1 saturated heterocycles. The van der Waals surface area contributed by atoms with E-state index >= 15 is 0 Å². The molecule has 0 aliphatic carbocycles. The molecule has 9 heteroatoms. The number of nitrogens with two attached hydrogens (primary N) is 1. The van der Waals surface area contributed by atoms with Crippen molar-refractivity contribution in [3.63, 3.8) is 0 Å². The lowest BCUT2D eigenvalue weighted by atomic mass is 10.0. The summed E-state index contributed by atoms with van der Waals surface area (Å²) in [6.45, 7) is 3.41. The fraction of sp³-hybridized carbons (Fsp3) is 0.261. The third-order valence-corrected chi connectivity index (χ3v) is 6.25. The van der Waals surface area contributed by atoms with Gasteiger partial charge in [0, 0.05) is 67.0 Å². The van der Waals surface area contributed by atoms with Crippen molar-refractivity contribution < 1.29 is 4.39 Å². The van der Waals surface area contributed by atoms with E-state index in [-0.39, 0.29) is 11.9 Å². The van der Waals surface area contributed by atoms with Crippen LogP contribution in [0.2, 0.25) is 0 Å². The number of nitrogens with zero attached hydrogens (tertiary/aromatic N) is 6. The summed E-state index contributed by atoms with van der Waals surface area (Å²) in [5, 5.41) is 4.38. The Bertz CT molecular complexity index is 1200. The van der Waals surface area contributed by atoms with Crippen LogP contribution in [0.15, 0.2) is 65.7 Å². The number of aromatic nitrogens is 4. The van der Waals surface area contributed by atoms with Crippen molar-refractivity contribution in [3.8, 4) is 0 Å². The number of hydrogen-bond acceptors (Lipinski definition) is 6.